The van der Waals surface area contributed by atoms with Crippen LogP contribution >= 0.6 is 0 Å². The van der Waals surface area contributed by atoms with Crippen molar-refractivity contribution in [2.45, 2.75) is 44.2 Å². The molecule has 2 aliphatic heterocycles. The highest BCUT2D eigenvalue weighted by Gasteiger charge is 2.51. The smallest absolute Gasteiger partial charge is 0.410 e. The molecule has 0 aromatic rings. The van der Waals surface area contributed by atoms with Gasteiger partial charge in [-0.25, -0.2) is 4.79 Å². The Bertz CT molecular complexity index is 535. The number of ether oxygens (including phenoxy) is 1. The Morgan fingerprint density at radius 3 is 2.50 bits per heavy atom. The van der Waals surface area contributed by atoms with Gasteiger partial charge in [0.2, 0.25) is 0 Å². The Morgan fingerprint density at radius 1 is 1.32 bits per heavy atom. The van der Waals surface area contributed by atoms with Gasteiger partial charge in [0.25, 0.3) is 10.1 Å². The van der Waals surface area contributed by atoms with Crippen molar-refractivity contribution < 1.29 is 22.5 Å². The first kappa shape index (κ1) is 16.0. The lowest BCUT2D eigenvalue weighted by atomic mass is 9.80. The van der Waals surface area contributed by atoms with Crippen LogP contribution in [0.15, 0.2) is 0 Å². The van der Waals surface area contributed by atoms with E-state index in [0.717, 1.165) is 32.5 Å². The van der Waals surface area contributed by atoms with Crippen molar-refractivity contribution >= 4 is 16.2 Å². The fourth-order valence-corrected chi connectivity index (χ4v) is 4.72. The third kappa shape index (κ3) is 3.23. The summed E-state index contributed by atoms with van der Waals surface area (Å²) in [7, 11) is -3.92. The summed E-state index contributed by atoms with van der Waals surface area (Å²) < 4.78 is 36.3. The van der Waals surface area contributed by atoms with Gasteiger partial charge in [-0.1, -0.05) is 6.92 Å². The molecule has 1 amide bonds. The predicted octanol–water partition coefficient (Wildman–Crippen LogP) is 0.959. The van der Waals surface area contributed by atoms with E-state index in [9.17, 15) is 13.2 Å². The molecule has 0 aromatic heterocycles. The molecule has 1 N–H and O–H groups in total. The Labute approximate surface area is 131 Å². The number of piperidine rings is 1. The summed E-state index contributed by atoms with van der Waals surface area (Å²) in [6.07, 6.45) is 2.73. The summed E-state index contributed by atoms with van der Waals surface area (Å²) in [5.74, 6) is -0.255. The van der Waals surface area contributed by atoms with Crippen LogP contribution in [0, 0.1) is 5.92 Å². The number of rotatable bonds is 4. The number of hydrogen-bond acceptors (Lipinski definition) is 5. The van der Waals surface area contributed by atoms with Crippen LogP contribution in [0.4, 0.5) is 4.79 Å². The predicted molar refractivity (Wildman–Crippen MR) is 80.2 cm³/mol. The lowest BCUT2D eigenvalue weighted by Gasteiger charge is -2.41. The van der Waals surface area contributed by atoms with Crippen molar-refractivity contribution in [1.29, 1.82) is 0 Å². The van der Waals surface area contributed by atoms with Crippen molar-refractivity contribution in [3.8, 4) is 0 Å². The van der Waals surface area contributed by atoms with E-state index < -0.39 is 10.1 Å². The van der Waals surface area contributed by atoms with E-state index in [2.05, 4.69) is 11.8 Å². The zero-order valence-corrected chi connectivity index (χ0v) is 13.7. The first-order valence-electron chi connectivity index (χ1n) is 7.97. The summed E-state index contributed by atoms with van der Waals surface area (Å²) in [4.78, 5) is 16.3. The van der Waals surface area contributed by atoms with E-state index in [1.54, 1.807) is 4.90 Å². The lowest BCUT2D eigenvalue weighted by molar-refractivity contribution is 0.00171. The molecule has 0 aromatic carbocycles. The number of carbonyl (C=O) groups is 1. The molecular weight excluding hydrogens is 308 g/mol. The number of hydrogen-bond donors (Lipinski definition) is 1. The van der Waals surface area contributed by atoms with Crippen LogP contribution in [0.3, 0.4) is 0 Å². The average Bonchev–Trinajstić information content (AvgIpc) is 2.70. The lowest BCUT2D eigenvalue weighted by Crippen LogP contribution is -2.50. The zero-order chi connectivity index (χ0) is 16.0. The maximum absolute atomic E-state index is 12.1. The summed E-state index contributed by atoms with van der Waals surface area (Å²) >= 11 is 0. The second-order valence-electron chi connectivity index (χ2n) is 6.85. The average molecular weight is 332 g/mol. The molecule has 2 saturated heterocycles. The van der Waals surface area contributed by atoms with Crippen LogP contribution in [0.5, 0.6) is 0 Å². The first-order chi connectivity index (χ1) is 10.3. The van der Waals surface area contributed by atoms with Gasteiger partial charge in [-0.15, -0.1) is 0 Å². The van der Waals surface area contributed by atoms with Gasteiger partial charge in [-0.3, -0.25) is 4.55 Å². The fourth-order valence-electron chi connectivity index (χ4n) is 3.86. The maximum atomic E-state index is 12.1. The number of likely N-dealkylation sites (tertiary alicyclic amines) is 1. The van der Waals surface area contributed by atoms with Crippen molar-refractivity contribution in [1.82, 2.24) is 9.80 Å². The molecule has 1 aliphatic carbocycles. The van der Waals surface area contributed by atoms with E-state index in [-0.39, 0.29) is 29.4 Å². The summed E-state index contributed by atoms with van der Waals surface area (Å²) in [6, 6.07) is 0.0582. The molecule has 126 valence electrons. The fraction of sp³-hybridized carbons (Fsp3) is 0.929. The maximum Gasteiger partial charge on any atom is 0.410 e. The number of carbonyl (C=O) groups excluding carboxylic acids is 1. The van der Waals surface area contributed by atoms with E-state index in [1.165, 1.54) is 0 Å². The Kier molecular flexibility index (Phi) is 4.11. The molecular formula is C14H24N2O5S. The Morgan fingerprint density at radius 2 is 1.95 bits per heavy atom. The van der Waals surface area contributed by atoms with Gasteiger partial charge in [0.15, 0.2) is 0 Å². The van der Waals surface area contributed by atoms with Crippen LogP contribution in [0.1, 0.15) is 32.6 Å². The molecule has 3 rings (SSSR count). The quantitative estimate of drug-likeness (QED) is 0.772. The Balaban J connectivity index is 1.54. The normalized spacial score (nSPS) is 32.1. The molecule has 2 heterocycles. The molecule has 0 atom stereocenters. The molecule has 3 fully saturated rings. The van der Waals surface area contributed by atoms with E-state index >= 15 is 0 Å². The second-order valence-corrected chi connectivity index (χ2v) is 8.35. The molecule has 7 nitrogen and oxygen atoms in total. The van der Waals surface area contributed by atoms with Gasteiger partial charge in [-0.05, 0) is 25.3 Å². The second kappa shape index (κ2) is 5.65. The highest BCUT2D eigenvalue weighted by atomic mass is 32.2. The SMILES string of the molecule is CCN1CCC2(CC1)CN(C1CC(CS(=O)(=O)O)C1)C(=O)O2. The molecule has 0 bridgehead atoms. The third-order valence-corrected chi connectivity index (χ3v) is 6.20. The molecule has 22 heavy (non-hydrogen) atoms. The summed E-state index contributed by atoms with van der Waals surface area (Å²) in [5, 5.41) is 0. The molecule has 0 radical (unpaired) electrons. The standard InChI is InChI=1S/C14H24N2O5S/c1-2-15-5-3-14(4-6-15)10-16(13(17)21-14)12-7-11(8-12)9-22(18,19)20/h11-12H,2-10H2,1H3,(H,18,19,20). The minimum absolute atomic E-state index is 0.0497. The zero-order valence-electron chi connectivity index (χ0n) is 12.9. The van der Waals surface area contributed by atoms with Gasteiger partial charge in [0.1, 0.15) is 5.60 Å². The molecule has 8 heteroatoms. The number of nitrogens with zero attached hydrogens (tertiary/aromatic N) is 2. The van der Waals surface area contributed by atoms with Crippen molar-refractivity contribution in [2.75, 3.05) is 31.9 Å². The molecule has 0 unspecified atom stereocenters. The highest BCUT2D eigenvalue weighted by Crippen LogP contribution is 2.40. The van der Waals surface area contributed by atoms with Crippen LogP contribution in [0.25, 0.3) is 0 Å². The van der Waals surface area contributed by atoms with Gasteiger partial charge in [0, 0.05) is 32.0 Å². The highest BCUT2D eigenvalue weighted by molar-refractivity contribution is 7.85. The molecule has 3 aliphatic rings. The van der Waals surface area contributed by atoms with Gasteiger partial charge in [-0.2, -0.15) is 8.42 Å². The van der Waals surface area contributed by atoms with Crippen molar-refractivity contribution in [3.63, 3.8) is 0 Å². The van der Waals surface area contributed by atoms with Crippen molar-refractivity contribution in [2.24, 2.45) is 5.92 Å². The third-order valence-electron chi connectivity index (χ3n) is 5.31. The number of amides is 1. The van der Waals surface area contributed by atoms with E-state index in [4.69, 9.17) is 9.29 Å². The van der Waals surface area contributed by atoms with Crippen LogP contribution in [-0.4, -0.2) is 72.4 Å². The summed E-state index contributed by atoms with van der Waals surface area (Å²) in [6.45, 7) is 5.68. The topological polar surface area (TPSA) is 87.2 Å². The van der Waals surface area contributed by atoms with Crippen LogP contribution in [-0.2, 0) is 14.9 Å². The van der Waals surface area contributed by atoms with E-state index in [1.807, 2.05) is 0 Å². The minimum atomic E-state index is -3.92. The van der Waals surface area contributed by atoms with Gasteiger partial charge < -0.3 is 14.5 Å². The van der Waals surface area contributed by atoms with Gasteiger partial charge in [0.05, 0.1) is 12.3 Å². The van der Waals surface area contributed by atoms with Crippen molar-refractivity contribution in [3.05, 3.63) is 0 Å². The Hall–Kier alpha value is -0.860. The minimum Gasteiger partial charge on any atom is -0.441 e. The summed E-state index contributed by atoms with van der Waals surface area (Å²) in [5.41, 5.74) is -0.350. The largest absolute Gasteiger partial charge is 0.441 e. The molecule has 1 saturated carbocycles. The van der Waals surface area contributed by atoms with Crippen LogP contribution < -0.4 is 0 Å². The van der Waals surface area contributed by atoms with E-state index in [0.29, 0.717) is 19.4 Å². The first-order valence-corrected chi connectivity index (χ1v) is 9.58. The van der Waals surface area contributed by atoms with Crippen LogP contribution in [0.2, 0.25) is 0 Å². The van der Waals surface area contributed by atoms with Gasteiger partial charge >= 0.3 is 6.09 Å². The monoisotopic (exact) mass is 332 g/mol. The molecule has 1 spiro atoms.